The molecular weight excluding hydrogens is 215 g/mol. The van der Waals surface area contributed by atoms with Gasteiger partial charge in [-0.2, -0.15) is 0 Å². The van der Waals surface area contributed by atoms with E-state index in [0.29, 0.717) is 0 Å². The minimum atomic E-state index is -0.440. The summed E-state index contributed by atoms with van der Waals surface area (Å²) >= 11 is 4.68. The van der Waals surface area contributed by atoms with Crippen LogP contribution in [0.2, 0.25) is 0 Å². The molecule has 0 aliphatic heterocycles. The van der Waals surface area contributed by atoms with Crippen molar-refractivity contribution < 1.29 is 9.18 Å². The lowest BCUT2D eigenvalue weighted by Gasteiger charge is -2.15. The molecule has 0 atom stereocenters. The second-order valence-electron chi connectivity index (χ2n) is 3.14. The van der Waals surface area contributed by atoms with E-state index in [2.05, 4.69) is 12.2 Å². The van der Waals surface area contributed by atoms with Crippen molar-refractivity contribution in [3.8, 4) is 0 Å². The fourth-order valence-corrected chi connectivity index (χ4v) is 1.34. The first-order valence-corrected chi connectivity index (χ1v) is 4.71. The van der Waals surface area contributed by atoms with Crippen LogP contribution in [-0.4, -0.2) is 29.4 Å². The number of benzene rings is 1. The number of likely N-dealkylation sites (N-methyl/N-ethyl adjacent to an activating group) is 1. The highest BCUT2D eigenvalue weighted by atomic mass is 32.1. The third-order valence-corrected chi connectivity index (χ3v) is 1.94. The fraction of sp³-hybridized carbons (Fsp3) is 0.200. The number of rotatable bonds is 3. The number of hydrogen-bond donors (Lipinski definition) is 1. The zero-order valence-electron chi connectivity index (χ0n) is 8.24. The lowest BCUT2D eigenvalue weighted by atomic mass is 10.2. The lowest BCUT2D eigenvalue weighted by molar-refractivity contribution is 0.0814. The summed E-state index contributed by atoms with van der Waals surface area (Å²) in [5, 5.41) is 0. The second kappa shape index (κ2) is 4.84. The van der Waals surface area contributed by atoms with Crippen LogP contribution >= 0.6 is 12.2 Å². The van der Waals surface area contributed by atoms with Crippen LogP contribution in [0.5, 0.6) is 0 Å². The molecule has 0 heterocycles. The molecule has 0 saturated carbocycles. The van der Waals surface area contributed by atoms with Gasteiger partial charge in [0.1, 0.15) is 5.82 Å². The number of amides is 1. The van der Waals surface area contributed by atoms with Gasteiger partial charge >= 0.3 is 0 Å². The molecule has 1 rings (SSSR count). The first-order valence-electron chi connectivity index (χ1n) is 4.30. The van der Waals surface area contributed by atoms with Crippen LogP contribution in [0.15, 0.2) is 24.3 Å². The summed E-state index contributed by atoms with van der Waals surface area (Å²) in [6.45, 7) is 0.185. The Balaban J connectivity index is 2.80. The Labute approximate surface area is 92.7 Å². The van der Waals surface area contributed by atoms with Crippen LogP contribution in [0, 0.1) is 5.82 Å². The van der Waals surface area contributed by atoms with E-state index in [1.807, 2.05) is 0 Å². The van der Waals surface area contributed by atoms with Gasteiger partial charge < -0.3 is 10.6 Å². The van der Waals surface area contributed by atoms with Gasteiger partial charge in [-0.15, -0.1) is 0 Å². The van der Waals surface area contributed by atoms with Gasteiger partial charge in [0.2, 0.25) is 0 Å². The van der Waals surface area contributed by atoms with E-state index in [-0.39, 0.29) is 23.0 Å². The average molecular weight is 226 g/mol. The van der Waals surface area contributed by atoms with Crippen LogP contribution < -0.4 is 5.73 Å². The number of hydrogen-bond acceptors (Lipinski definition) is 2. The zero-order valence-corrected chi connectivity index (χ0v) is 9.05. The largest absolute Gasteiger partial charge is 0.392 e. The predicted octanol–water partition coefficient (Wildman–Crippen LogP) is 1.18. The summed E-state index contributed by atoms with van der Waals surface area (Å²) in [6, 6.07) is 5.49. The van der Waals surface area contributed by atoms with E-state index in [4.69, 9.17) is 5.73 Å². The molecule has 2 N–H and O–H groups in total. The molecule has 3 nitrogen and oxygen atoms in total. The van der Waals surface area contributed by atoms with Crippen molar-refractivity contribution in [1.82, 2.24) is 4.90 Å². The molecular formula is C10H11FN2OS. The van der Waals surface area contributed by atoms with Crippen molar-refractivity contribution in [3.63, 3.8) is 0 Å². The molecule has 15 heavy (non-hydrogen) atoms. The molecule has 0 aliphatic rings. The van der Waals surface area contributed by atoms with Crippen molar-refractivity contribution in [2.45, 2.75) is 0 Å². The normalized spacial score (nSPS) is 9.73. The number of halogens is 1. The van der Waals surface area contributed by atoms with Gasteiger partial charge in [0, 0.05) is 12.6 Å². The van der Waals surface area contributed by atoms with Gasteiger partial charge in [0.25, 0.3) is 5.91 Å². The van der Waals surface area contributed by atoms with Crippen LogP contribution in [0.4, 0.5) is 4.39 Å². The number of carbonyl (C=O) groups excluding carboxylic acids is 1. The summed E-state index contributed by atoms with van der Waals surface area (Å²) in [5.74, 6) is -0.744. The van der Waals surface area contributed by atoms with Gasteiger partial charge in [-0.3, -0.25) is 4.79 Å². The molecule has 1 aromatic carbocycles. The number of thiocarbonyl (C=S) groups is 1. The van der Waals surface area contributed by atoms with E-state index in [1.54, 1.807) is 13.1 Å². The predicted molar refractivity (Wildman–Crippen MR) is 60.1 cm³/mol. The monoisotopic (exact) mass is 226 g/mol. The second-order valence-corrected chi connectivity index (χ2v) is 3.66. The summed E-state index contributed by atoms with van der Waals surface area (Å²) in [6.07, 6.45) is 0. The highest BCUT2D eigenvalue weighted by Crippen LogP contribution is 2.06. The van der Waals surface area contributed by atoms with E-state index >= 15 is 0 Å². The molecule has 1 aromatic rings. The molecule has 0 bridgehead atoms. The third-order valence-electron chi connectivity index (χ3n) is 1.81. The Morgan fingerprint density at radius 1 is 1.60 bits per heavy atom. The Kier molecular flexibility index (Phi) is 3.74. The molecule has 0 spiro atoms. The summed E-state index contributed by atoms with van der Waals surface area (Å²) in [4.78, 5) is 13.2. The molecule has 0 radical (unpaired) electrons. The van der Waals surface area contributed by atoms with Crippen LogP contribution in [0.25, 0.3) is 0 Å². The minimum absolute atomic E-state index is 0.185. The van der Waals surface area contributed by atoms with E-state index in [1.165, 1.54) is 23.1 Å². The van der Waals surface area contributed by atoms with Gasteiger partial charge in [0.05, 0.1) is 11.5 Å². The molecule has 0 aliphatic carbocycles. The SMILES string of the molecule is CN(CC(N)=S)C(=O)c1cccc(F)c1. The van der Waals surface area contributed by atoms with Gasteiger partial charge in [-0.1, -0.05) is 18.3 Å². The Bertz CT molecular complexity index is 395. The summed E-state index contributed by atoms with van der Waals surface area (Å²) in [5.41, 5.74) is 5.59. The first kappa shape index (κ1) is 11.6. The molecule has 5 heteroatoms. The minimum Gasteiger partial charge on any atom is -0.392 e. The maximum atomic E-state index is 12.8. The van der Waals surface area contributed by atoms with Crippen molar-refractivity contribution in [2.24, 2.45) is 5.73 Å². The highest BCUT2D eigenvalue weighted by molar-refractivity contribution is 7.80. The molecule has 0 unspecified atom stereocenters. The van der Waals surface area contributed by atoms with Crippen molar-refractivity contribution in [1.29, 1.82) is 0 Å². The van der Waals surface area contributed by atoms with Crippen LogP contribution in [-0.2, 0) is 0 Å². The average Bonchev–Trinajstić information content (AvgIpc) is 2.15. The van der Waals surface area contributed by atoms with Gasteiger partial charge in [-0.05, 0) is 18.2 Å². The Morgan fingerprint density at radius 3 is 2.80 bits per heavy atom. The number of nitrogens with zero attached hydrogens (tertiary/aromatic N) is 1. The molecule has 0 fully saturated rings. The molecule has 0 aromatic heterocycles. The van der Waals surface area contributed by atoms with Crippen molar-refractivity contribution in [3.05, 3.63) is 35.6 Å². The standard InChI is InChI=1S/C10H11FN2OS/c1-13(6-9(12)15)10(14)7-3-2-4-8(11)5-7/h2-5H,6H2,1H3,(H2,12,15). The number of nitrogens with two attached hydrogens (primary N) is 1. The zero-order chi connectivity index (χ0) is 11.4. The van der Waals surface area contributed by atoms with E-state index in [0.717, 1.165) is 0 Å². The smallest absolute Gasteiger partial charge is 0.254 e. The van der Waals surface area contributed by atoms with E-state index in [9.17, 15) is 9.18 Å². The Morgan fingerprint density at radius 2 is 2.27 bits per heavy atom. The van der Waals surface area contributed by atoms with Gasteiger partial charge in [0.15, 0.2) is 0 Å². The summed E-state index contributed by atoms with van der Waals surface area (Å²) < 4.78 is 12.8. The molecule has 80 valence electrons. The van der Waals surface area contributed by atoms with Crippen molar-refractivity contribution >= 4 is 23.1 Å². The highest BCUT2D eigenvalue weighted by Gasteiger charge is 2.12. The summed E-state index contributed by atoms with van der Waals surface area (Å²) in [7, 11) is 1.56. The number of carbonyl (C=O) groups is 1. The van der Waals surface area contributed by atoms with Gasteiger partial charge in [-0.25, -0.2) is 4.39 Å². The topological polar surface area (TPSA) is 46.3 Å². The Hall–Kier alpha value is -1.49. The van der Waals surface area contributed by atoms with E-state index < -0.39 is 5.82 Å². The van der Waals surface area contributed by atoms with Crippen LogP contribution in [0.3, 0.4) is 0 Å². The lowest BCUT2D eigenvalue weighted by Crippen LogP contribution is -2.34. The quantitative estimate of drug-likeness (QED) is 0.787. The maximum Gasteiger partial charge on any atom is 0.254 e. The van der Waals surface area contributed by atoms with Crippen LogP contribution in [0.1, 0.15) is 10.4 Å². The van der Waals surface area contributed by atoms with Crippen molar-refractivity contribution in [2.75, 3.05) is 13.6 Å². The molecule has 0 saturated heterocycles. The maximum absolute atomic E-state index is 12.8. The fourth-order valence-electron chi connectivity index (χ4n) is 1.15. The molecule has 1 amide bonds. The first-order chi connectivity index (χ1) is 7.00. The third kappa shape index (κ3) is 3.28.